The highest BCUT2D eigenvalue weighted by molar-refractivity contribution is 7.13. The number of thiophene rings is 1. The number of hydrogen-bond donors (Lipinski definition) is 2. The van der Waals surface area contributed by atoms with Crippen LogP contribution >= 0.6 is 22.7 Å². The molecule has 128 valence electrons. The standard InChI is InChI=1S/C16H20N4O2S2/c1-11-10-24-15(18-11)19-14(21)12-4-2-6-20(9-12)16(22)17-8-13-5-3-7-23-13/h3,5,7,10,12H,2,4,6,8-9H2,1H3,(H,17,22)(H,18,19,21). The summed E-state index contributed by atoms with van der Waals surface area (Å²) in [5, 5.41) is 10.3. The van der Waals surface area contributed by atoms with Crippen molar-refractivity contribution in [3.05, 3.63) is 33.5 Å². The SMILES string of the molecule is Cc1csc(NC(=O)C2CCCN(C(=O)NCc3cccs3)C2)n1. The number of amides is 3. The molecule has 0 saturated carbocycles. The van der Waals surface area contributed by atoms with Crippen molar-refractivity contribution >= 4 is 39.7 Å². The minimum Gasteiger partial charge on any atom is -0.333 e. The largest absolute Gasteiger partial charge is 0.333 e. The second-order valence-corrected chi connectivity index (χ2v) is 7.70. The van der Waals surface area contributed by atoms with Gasteiger partial charge in [-0.3, -0.25) is 4.79 Å². The summed E-state index contributed by atoms with van der Waals surface area (Å²) in [6, 6.07) is 3.85. The Kier molecular flexibility index (Phi) is 5.47. The molecule has 3 rings (SSSR count). The average molecular weight is 364 g/mol. The Morgan fingerprint density at radius 3 is 3.00 bits per heavy atom. The van der Waals surface area contributed by atoms with E-state index in [0.717, 1.165) is 23.4 Å². The Hall–Kier alpha value is -1.93. The van der Waals surface area contributed by atoms with E-state index in [1.54, 1.807) is 16.2 Å². The van der Waals surface area contributed by atoms with Gasteiger partial charge in [0.2, 0.25) is 5.91 Å². The number of aromatic nitrogens is 1. The van der Waals surface area contributed by atoms with Gasteiger partial charge in [-0.25, -0.2) is 9.78 Å². The maximum Gasteiger partial charge on any atom is 0.317 e. The maximum atomic E-state index is 12.4. The summed E-state index contributed by atoms with van der Waals surface area (Å²) < 4.78 is 0. The molecular weight excluding hydrogens is 344 g/mol. The summed E-state index contributed by atoms with van der Waals surface area (Å²) in [6.07, 6.45) is 1.63. The van der Waals surface area contributed by atoms with Crippen LogP contribution in [0.4, 0.5) is 9.93 Å². The Morgan fingerprint density at radius 2 is 2.29 bits per heavy atom. The number of thiazole rings is 1. The molecule has 3 amide bonds. The first-order valence-corrected chi connectivity index (χ1v) is 9.66. The van der Waals surface area contributed by atoms with Crippen LogP contribution in [0.5, 0.6) is 0 Å². The summed E-state index contributed by atoms with van der Waals surface area (Å²) in [4.78, 5) is 31.8. The maximum absolute atomic E-state index is 12.4. The number of piperidine rings is 1. The smallest absolute Gasteiger partial charge is 0.317 e. The number of rotatable bonds is 4. The first-order valence-electron chi connectivity index (χ1n) is 7.90. The normalized spacial score (nSPS) is 17.5. The lowest BCUT2D eigenvalue weighted by Gasteiger charge is -2.31. The lowest BCUT2D eigenvalue weighted by atomic mass is 9.97. The highest BCUT2D eigenvalue weighted by Gasteiger charge is 2.28. The minimum absolute atomic E-state index is 0.0555. The number of nitrogens with zero attached hydrogens (tertiary/aromatic N) is 2. The number of likely N-dealkylation sites (tertiary alicyclic amines) is 1. The van der Waals surface area contributed by atoms with Gasteiger partial charge in [0.05, 0.1) is 18.2 Å². The van der Waals surface area contributed by atoms with Crippen LogP contribution in [0.25, 0.3) is 0 Å². The van der Waals surface area contributed by atoms with Gasteiger partial charge in [-0.1, -0.05) is 6.07 Å². The average Bonchev–Trinajstić information content (AvgIpc) is 3.24. The number of carbonyl (C=O) groups excluding carboxylic acids is 2. The van der Waals surface area contributed by atoms with Crippen LogP contribution in [0.1, 0.15) is 23.4 Å². The third kappa shape index (κ3) is 4.33. The van der Waals surface area contributed by atoms with Crippen LogP contribution < -0.4 is 10.6 Å². The Bertz CT molecular complexity index is 699. The van der Waals surface area contributed by atoms with Crippen molar-refractivity contribution in [2.75, 3.05) is 18.4 Å². The molecule has 1 unspecified atom stereocenters. The fraction of sp³-hybridized carbons (Fsp3) is 0.438. The zero-order valence-electron chi connectivity index (χ0n) is 13.4. The Balaban J connectivity index is 1.51. The number of hydrogen-bond acceptors (Lipinski definition) is 5. The fourth-order valence-corrected chi connectivity index (χ4v) is 4.02. The first-order chi connectivity index (χ1) is 11.6. The molecule has 2 aromatic rings. The van der Waals surface area contributed by atoms with E-state index in [2.05, 4.69) is 15.6 Å². The number of urea groups is 1. The molecule has 8 heteroatoms. The van der Waals surface area contributed by atoms with E-state index in [1.165, 1.54) is 11.3 Å². The van der Waals surface area contributed by atoms with Crippen molar-refractivity contribution in [2.24, 2.45) is 5.92 Å². The quantitative estimate of drug-likeness (QED) is 0.875. The Labute approximate surface area is 148 Å². The van der Waals surface area contributed by atoms with Crippen LogP contribution in [0.2, 0.25) is 0 Å². The van der Waals surface area contributed by atoms with Crippen molar-refractivity contribution in [3.8, 4) is 0 Å². The predicted molar refractivity (Wildman–Crippen MR) is 96.3 cm³/mol. The van der Waals surface area contributed by atoms with E-state index in [1.807, 2.05) is 29.8 Å². The molecule has 2 aromatic heterocycles. The summed E-state index contributed by atoms with van der Waals surface area (Å²) in [5.41, 5.74) is 0.897. The van der Waals surface area contributed by atoms with E-state index < -0.39 is 0 Å². The molecule has 0 aromatic carbocycles. The number of carbonyl (C=O) groups is 2. The first kappa shape index (κ1) is 16.9. The van der Waals surface area contributed by atoms with E-state index in [0.29, 0.717) is 24.8 Å². The Morgan fingerprint density at radius 1 is 1.42 bits per heavy atom. The molecule has 2 N–H and O–H groups in total. The molecule has 0 bridgehead atoms. The van der Waals surface area contributed by atoms with Crippen LogP contribution in [-0.4, -0.2) is 34.9 Å². The molecule has 0 radical (unpaired) electrons. The van der Waals surface area contributed by atoms with Gasteiger partial charge in [0, 0.05) is 23.3 Å². The van der Waals surface area contributed by atoms with Gasteiger partial charge in [0.1, 0.15) is 0 Å². The summed E-state index contributed by atoms with van der Waals surface area (Å²) in [6.45, 7) is 3.57. The molecule has 1 atom stereocenters. The van der Waals surface area contributed by atoms with Crippen molar-refractivity contribution in [1.29, 1.82) is 0 Å². The zero-order valence-corrected chi connectivity index (χ0v) is 15.1. The van der Waals surface area contributed by atoms with Gasteiger partial charge in [0.25, 0.3) is 0 Å². The summed E-state index contributed by atoms with van der Waals surface area (Å²) >= 11 is 3.04. The van der Waals surface area contributed by atoms with Crippen LogP contribution in [0, 0.1) is 12.8 Å². The van der Waals surface area contributed by atoms with Crippen molar-refractivity contribution in [2.45, 2.75) is 26.3 Å². The van der Waals surface area contributed by atoms with Crippen molar-refractivity contribution in [3.63, 3.8) is 0 Å². The number of anilines is 1. The summed E-state index contributed by atoms with van der Waals surface area (Å²) in [7, 11) is 0. The molecule has 6 nitrogen and oxygen atoms in total. The van der Waals surface area contributed by atoms with Crippen LogP contribution in [0.15, 0.2) is 22.9 Å². The van der Waals surface area contributed by atoms with Gasteiger partial charge in [-0.15, -0.1) is 22.7 Å². The lowest BCUT2D eigenvalue weighted by molar-refractivity contribution is -0.121. The van der Waals surface area contributed by atoms with E-state index in [9.17, 15) is 9.59 Å². The van der Waals surface area contributed by atoms with Crippen LogP contribution in [-0.2, 0) is 11.3 Å². The third-order valence-corrected chi connectivity index (χ3v) is 5.67. The topological polar surface area (TPSA) is 74.3 Å². The van der Waals surface area contributed by atoms with Gasteiger partial charge >= 0.3 is 6.03 Å². The third-order valence-electron chi connectivity index (χ3n) is 3.92. The fourth-order valence-electron chi connectivity index (χ4n) is 2.68. The molecule has 1 aliphatic rings. The molecule has 1 aliphatic heterocycles. The summed E-state index contributed by atoms with van der Waals surface area (Å²) in [5.74, 6) is -0.240. The molecule has 1 fully saturated rings. The van der Waals surface area contributed by atoms with Gasteiger partial charge in [-0.05, 0) is 31.2 Å². The van der Waals surface area contributed by atoms with Crippen LogP contribution in [0.3, 0.4) is 0 Å². The van der Waals surface area contributed by atoms with Gasteiger partial charge in [0.15, 0.2) is 5.13 Å². The van der Waals surface area contributed by atoms with Gasteiger partial charge in [-0.2, -0.15) is 0 Å². The minimum atomic E-state index is -0.185. The van der Waals surface area contributed by atoms with E-state index in [-0.39, 0.29) is 17.9 Å². The highest BCUT2D eigenvalue weighted by Crippen LogP contribution is 2.21. The van der Waals surface area contributed by atoms with E-state index >= 15 is 0 Å². The van der Waals surface area contributed by atoms with Crippen molar-refractivity contribution in [1.82, 2.24) is 15.2 Å². The molecule has 24 heavy (non-hydrogen) atoms. The second kappa shape index (κ2) is 7.76. The number of aryl methyl sites for hydroxylation is 1. The molecule has 0 aliphatic carbocycles. The van der Waals surface area contributed by atoms with E-state index in [4.69, 9.17) is 0 Å². The molecule has 0 spiro atoms. The highest BCUT2D eigenvalue weighted by atomic mass is 32.1. The predicted octanol–water partition coefficient (Wildman–Crippen LogP) is 3.07. The molecule has 1 saturated heterocycles. The van der Waals surface area contributed by atoms with Crippen molar-refractivity contribution < 1.29 is 9.59 Å². The molecular formula is C16H20N4O2S2. The number of nitrogens with one attached hydrogen (secondary N) is 2. The molecule has 3 heterocycles. The van der Waals surface area contributed by atoms with Gasteiger partial charge < -0.3 is 15.5 Å². The monoisotopic (exact) mass is 364 g/mol. The lowest BCUT2D eigenvalue weighted by Crippen LogP contribution is -2.47. The zero-order chi connectivity index (χ0) is 16.9. The second-order valence-electron chi connectivity index (χ2n) is 5.81.